The first-order valence-corrected chi connectivity index (χ1v) is 5.76. The molecule has 2 aliphatic rings. The molecule has 1 saturated heterocycles. The Morgan fingerprint density at radius 1 is 1.47 bits per heavy atom. The van der Waals surface area contributed by atoms with E-state index in [4.69, 9.17) is 0 Å². The summed E-state index contributed by atoms with van der Waals surface area (Å²) < 4.78 is 0. The maximum Gasteiger partial charge on any atom is 0.325 e. The number of carbonyl (C=O) groups excluding carboxylic acids is 2. The third kappa shape index (κ3) is 1.34. The summed E-state index contributed by atoms with van der Waals surface area (Å²) in [6, 6.07) is -0.212. The van der Waals surface area contributed by atoms with Crippen LogP contribution in [0.1, 0.15) is 39.5 Å². The van der Waals surface area contributed by atoms with E-state index in [0.717, 1.165) is 25.7 Å². The van der Waals surface area contributed by atoms with Gasteiger partial charge >= 0.3 is 6.03 Å². The minimum Gasteiger partial charge on any atom is -0.323 e. The number of likely N-dealkylation sites (N-methyl/N-ethyl adjacent to an activating group) is 1. The zero-order valence-electron chi connectivity index (χ0n) is 9.38. The third-order valence-electron chi connectivity index (χ3n) is 3.82. The van der Waals surface area contributed by atoms with E-state index in [1.807, 2.05) is 6.92 Å². The summed E-state index contributed by atoms with van der Waals surface area (Å²) in [6.45, 7) is 4.37. The van der Waals surface area contributed by atoms with Crippen molar-refractivity contribution in [1.82, 2.24) is 10.2 Å². The van der Waals surface area contributed by atoms with Crippen LogP contribution in [0.2, 0.25) is 0 Å². The van der Waals surface area contributed by atoms with Crippen LogP contribution in [0.25, 0.3) is 0 Å². The van der Waals surface area contributed by atoms with Crippen molar-refractivity contribution in [2.45, 2.75) is 45.1 Å². The first-order chi connectivity index (χ1) is 7.12. The van der Waals surface area contributed by atoms with Crippen molar-refractivity contribution in [3.05, 3.63) is 0 Å². The van der Waals surface area contributed by atoms with Crippen molar-refractivity contribution >= 4 is 11.9 Å². The molecule has 2 rings (SSSR count). The van der Waals surface area contributed by atoms with Crippen LogP contribution in [0.15, 0.2) is 0 Å². The maximum absolute atomic E-state index is 12.2. The second-order valence-corrected chi connectivity index (χ2v) is 4.60. The normalized spacial score (nSPS) is 36.1. The molecule has 2 atom stereocenters. The fourth-order valence-corrected chi connectivity index (χ4v) is 2.78. The molecule has 2 unspecified atom stereocenters. The van der Waals surface area contributed by atoms with Gasteiger partial charge in [0.25, 0.3) is 5.91 Å². The van der Waals surface area contributed by atoms with E-state index in [1.165, 1.54) is 4.90 Å². The van der Waals surface area contributed by atoms with E-state index in [-0.39, 0.29) is 17.9 Å². The number of amides is 3. The largest absolute Gasteiger partial charge is 0.325 e. The van der Waals surface area contributed by atoms with Crippen LogP contribution in [0.3, 0.4) is 0 Å². The lowest BCUT2D eigenvalue weighted by Crippen LogP contribution is -2.53. The topological polar surface area (TPSA) is 49.4 Å². The monoisotopic (exact) mass is 210 g/mol. The van der Waals surface area contributed by atoms with Gasteiger partial charge in [-0.3, -0.25) is 9.69 Å². The van der Waals surface area contributed by atoms with E-state index in [1.54, 1.807) is 0 Å². The second kappa shape index (κ2) is 3.51. The molecule has 15 heavy (non-hydrogen) atoms. The molecule has 1 spiro atoms. The first-order valence-electron chi connectivity index (χ1n) is 5.76. The van der Waals surface area contributed by atoms with Gasteiger partial charge in [0.05, 0.1) is 0 Å². The molecule has 2 fully saturated rings. The van der Waals surface area contributed by atoms with Gasteiger partial charge in [0.15, 0.2) is 0 Å². The van der Waals surface area contributed by atoms with Crippen molar-refractivity contribution in [2.24, 2.45) is 5.92 Å². The Kier molecular flexibility index (Phi) is 2.44. The van der Waals surface area contributed by atoms with Gasteiger partial charge in [-0.2, -0.15) is 0 Å². The summed E-state index contributed by atoms with van der Waals surface area (Å²) >= 11 is 0. The van der Waals surface area contributed by atoms with Crippen LogP contribution in [-0.4, -0.2) is 28.9 Å². The molecule has 1 saturated carbocycles. The van der Waals surface area contributed by atoms with E-state index >= 15 is 0 Å². The van der Waals surface area contributed by atoms with Crippen LogP contribution >= 0.6 is 0 Å². The molecule has 4 nitrogen and oxygen atoms in total. The molecular formula is C11H18N2O2. The van der Waals surface area contributed by atoms with E-state index < -0.39 is 5.54 Å². The summed E-state index contributed by atoms with van der Waals surface area (Å²) in [7, 11) is 0. The van der Waals surface area contributed by atoms with Gasteiger partial charge in [-0.1, -0.05) is 19.8 Å². The highest BCUT2D eigenvalue weighted by molar-refractivity contribution is 6.07. The van der Waals surface area contributed by atoms with Crippen LogP contribution in [0, 0.1) is 5.92 Å². The van der Waals surface area contributed by atoms with Crippen molar-refractivity contribution in [1.29, 1.82) is 0 Å². The molecule has 1 N–H and O–H groups in total. The molecule has 84 valence electrons. The average Bonchev–Trinajstić information content (AvgIpc) is 2.45. The minimum absolute atomic E-state index is 0.0119. The molecule has 0 aromatic rings. The third-order valence-corrected chi connectivity index (χ3v) is 3.82. The highest BCUT2D eigenvalue weighted by Gasteiger charge is 2.54. The Morgan fingerprint density at radius 2 is 2.20 bits per heavy atom. The zero-order chi connectivity index (χ0) is 11.1. The molecule has 4 heteroatoms. The molecule has 0 radical (unpaired) electrons. The fraction of sp³-hybridized carbons (Fsp3) is 0.818. The van der Waals surface area contributed by atoms with Crippen LogP contribution < -0.4 is 5.32 Å². The number of nitrogens with zero attached hydrogens (tertiary/aromatic N) is 1. The predicted octanol–water partition coefficient (Wildman–Crippen LogP) is 1.51. The second-order valence-electron chi connectivity index (χ2n) is 4.60. The number of carbonyl (C=O) groups is 2. The molecular weight excluding hydrogens is 192 g/mol. The van der Waals surface area contributed by atoms with Gasteiger partial charge in [-0.05, 0) is 25.7 Å². The van der Waals surface area contributed by atoms with Gasteiger partial charge in [-0.25, -0.2) is 4.79 Å². The van der Waals surface area contributed by atoms with Gasteiger partial charge in [0.1, 0.15) is 5.54 Å². The summed E-state index contributed by atoms with van der Waals surface area (Å²) in [5, 5.41) is 2.91. The van der Waals surface area contributed by atoms with Crippen LogP contribution in [0.5, 0.6) is 0 Å². The van der Waals surface area contributed by atoms with Crippen molar-refractivity contribution in [2.75, 3.05) is 6.54 Å². The Labute approximate surface area is 90.0 Å². The highest BCUT2D eigenvalue weighted by atomic mass is 16.2. The Balaban J connectivity index is 2.29. The number of imide groups is 1. The fourth-order valence-electron chi connectivity index (χ4n) is 2.78. The lowest BCUT2D eigenvalue weighted by atomic mass is 9.73. The van der Waals surface area contributed by atoms with Gasteiger partial charge in [0.2, 0.25) is 0 Å². The molecule has 0 aromatic heterocycles. The maximum atomic E-state index is 12.2. The quantitative estimate of drug-likeness (QED) is 0.667. The van der Waals surface area contributed by atoms with Gasteiger partial charge in [-0.15, -0.1) is 0 Å². The van der Waals surface area contributed by atoms with E-state index in [2.05, 4.69) is 12.2 Å². The predicted molar refractivity (Wildman–Crippen MR) is 56.3 cm³/mol. The SMILES string of the molecule is CCN1C(=O)NC2(CCCCC2C)C1=O. The van der Waals surface area contributed by atoms with Gasteiger partial charge < -0.3 is 5.32 Å². The molecule has 0 bridgehead atoms. The molecule has 0 aromatic carbocycles. The number of hydrogen-bond donors (Lipinski definition) is 1. The van der Waals surface area contributed by atoms with Gasteiger partial charge in [0, 0.05) is 6.54 Å². The summed E-state index contributed by atoms with van der Waals surface area (Å²) in [5.74, 6) is 0.251. The minimum atomic E-state index is -0.578. The molecule has 3 amide bonds. The summed E-state index contributed by atoms with van der Waals surface area (Å²) in [4.78, 5) is 25.1. The van der Waals surface area contributed by atoms with Crippen molar-refractivity contribution in [3.63, 3.8) is 0 Å². The van der Waals surface area contributed by atoms with Crippen LogP contribution in [-0.2, 0) is 4.79 Å². The Morgan fingerprint density at radius 3 is 2.73 bits per heavy atom. The lowest BCUT2D eigenvalue weighted by Gasteiger charge is -2.36. The molecule has 1 aliphatic heterocycles. The molecule has 1 aliphatic carbocycles. The van der Waals surface area contributed by atoms with E-state index in [9.17, 15) is 9.59 Å². The summed E-state index contributed by atoms with van der Waals surface area (Å²) in [6.07, 6.45) is 4.03. The molecule has 1 heterocycles. The van der Waals surface area contributed by atoms with E-state index in [0.29, 0.717) is 6.54 Å². The van der Waals surface area contributed by atoms with Crippen molar-refractivity contribution < 1.29 is 9.59 Å². The summed E-state index contributed by atoms with van der Waals surface area (Å²) in [5.41, 5.74) is -0.578. The smallest absolute Gasteiger partial charge is 0.323 e. The number of urea groups is 1. The standard InChI is InChI=1S/C11H18N2O2/c1-3-13-9(14)11(12-10(13)15)7-5-4-6-8(11)2/h8H,3-7H2,1-2H3,(H,12,15). The highest BCUT2D eigenvalue weighted by Crippen LogP contribution is 2.37. The Hall–Kier alpha value is -1.06. The average molecular weight is 210 g/mol. The first kappa shape index (κ1) is 10.5. The lowest BCUT2D eigenvalue weighted by molar-refractivity contribution is -0.134. The zero-order valence-corrected chi connectivity index (χ0v) is 9.38. The number of hydrogen-bond acceptors (Lipinski definition) is 2. The van der Waals surface area contributed by atoms with Crippen molar-refractivity contribution in [3.8, 4) is 0 Å². The number of nitrogens with one attached hydrogen (secondary N) is 1. The number of rotatable bonds is 1. The Bertz CT molecular complexity index is 303. The van der Waals surface area contributed by atoms with Crippen LogP contribution in [0.4, 0.5) is 4.79 Å².